The molecule has 0 saturated carbocycles. The van der Waals surface area contributed by atoms with Crippen LogP contribution in [0.2, 0.25) is 0 Å². The number of carbonyl (C=O) groups excluding carboxylic acids is 2. The van der Waals surface area contributed by atoms with Crippen molar-refractivity contribution in [2.45, 2.75) is 19.8 Å². The molecule has 1 aliphatic rings. The van der Waals surface area contributed by atoms with Crippen LogP contribution >= 0.6 is 0 Å². The van der Waals surface area contributed by atoms with E-state index in [0.29, 0.717) is 12.2 Å². The molecule has 0 aromatic heterocycles. The van der Waals surface area contributed by atoms with Crippen LogP contribution in [0.5, 0.6) is 5.75 Å². The summed E-state index contributed by atoms with van der Waals surface area (Å²) in [5, 5.41) is 0. The van der Waals surface area contributed by atoms with Gasteiger partial charge in [-0.15, -0.1) is 0 Å². The summed E-state index contributed by atoms with van der Waals surface area (Å²) in [5.41, 5.74) is 1.24. The van der Waals surface area contributed by atoms with Crippen molar-refractivity contribution in [3.8, 4) is 5.75 Å². The average Bonchev–Trinajstić information content (AvgIpc) is 2.67. The molecule has 0 aliphatic carbocycles. The van der Waals surface area contributed by atoms with Crippen LogP contribution in [0.1, 0.15) is 25.3 Å². The number of benzene rings is 1. The van der Waals surface area contributed by atoms with E-state index >= 15 is 0 Å². The monoisotopic (exact) mass is 246 g/mol. The van der Waals surface area contributed by atoms with Crippen molar-refractivity contribution >= 4 is 18.0 Å². The van der Waals surface area contributed by atoms with Crippen LogP contribution in [0.3, 0.4) is 0 Å². The molecule has 18 heavy (non-hydrogen) atoms. The summed E-state index contributed by atoms with van der Waals surface area (Å²) in [5.74, 6) is -0.246. The highest BCUT2D eigenvalue weighted by Crippen LogP contribution is 2.20. The van der Waals surface area contributed by atoms with Crippen molar-refractivity contribution in [3.05, 3.63) is 35.4 Å². The lowest BCUT2D eigenvalue weighted by molar-refractivity contribution is -0.151. The van der Waals surface area contributed by atoms with Gasteiger partial charge in [-0.25, -0.2) is 4.79 Å². The van der Waals surface area contributed by atoms with Crippen molar-refractivity contribution in [3.63, 3.8) is 0 Å². The van der Waals surface area contributed by atoms with Crippen LogP contribution in [0.25, 0.3) is 6.08 Å². The number of carbonyl (C=O) groups is 2. The third-order valence-electron chi connectivity index (χ3n) is 2.50. The summed E-state index contributed by atoms with van der Waals surface area (Å²) in [7, 11) is 0. The van der Waals surface area contributed by atoms with Crippen LogP contribution in [0, 0.1) is 0 Å². The molecule has 2 rings (SSSR count). The maximum atomic E-state index is 11.3. The van der Waals surface area contributed by atoms with E-state index in [4.69, 9.17) is 4.74 Å². The van der Waals surface area contributed by atoms with Gasteiger partial charge in [0.2, 0.25) is 0 Å². The molecule has 0 atom stereocenters. The minimum Gasteiger partial charge on any atom is -0.494 e. The van der Waals surface area contributed by atoms with Gasteiger partial charge in [0.25, 0.3) is 0 Å². The summed E-state index contributed by atoms with van der Waals surface area (Å²) < 4.78 is 9.90. The largest absolute Gasteiger partial charge is 0.494 e. The van der Waals surface area contributed by atoms with E-state index in [-0.39, 0.29) is 6.42 Å². The lowest BCUT2D eigenvalue weighted by Gasteiger charge is -2.04. The minimum atomic E-state index is -0.550. The quantitative estimate of drug-likeness (QED) is 0.465. The third kappa shape index (κ3) is 2.97. The van der Waals surface area contributed by atoms with Crippen LogP contribution in [0.4, 0.5) is 0 Å². The van der Waals surface area contributed by atoms with Gasteiger partial charge in [0.1, 0.15) is 5.75 Å². The Labute approximate surface area is 105 Å². The summed E-state index contributed by atoms with van der Waals surface area (Å²) in [6.07, 6.45) is 2.67. The Kier molecular flexibility index (Phi) is 3.77. The number of cyclic esters (lactones) is 2. The third-order valence-corrected chi connectivity index (χ3v) is 2.50. The molecule has 94 valence electrons. The zero-order valence-electron chi connectivity index (χ0n) is 10.1. The Balaban J connectivity index is 2.08. The standard InChI is InChI=1S/C14H14O4/c1-2-7-17-12-5-3-10(4-6-12)8-11-9-13(15)18-14(11)16/h3-6,8H,2,7,9H2,1H3/b11-8+. The maximum Gasteiger partial charge on any atom is 0.342 e. The molecular formula is C14H14O4. The van der Waals surface area contributed by atoms with Crippen LogP contribution in [-0.4, -0.2) is 18.5 Å². The molecule has 1 heterocycles. The van der Waals surface area contributed by atoms with E-state index in [2.05, 4.69) is 4.74 Å². The Hall–Kier alpha value is -2.10. The van der Waals surface area contributed by atoms with Crippen molar-refractivity contribution in [2.75, 3.05) is 6.61 Å². The smallest absolute Gasteiger partial charge is 0.342 e. The Morgan fingerprint density at radius 1 is 1.28 bits per heavy atom. The van der Waals surface area contributed by atoms with Crippen LogP contribution in [0.15, 0.2) is 29.8 Å². The summed E-state index contributed by atoms with van der Waals surface area (Å²) in [4.78, 5) is 22.2. The lowest BCUT2D eigenvalue weighted by atomic mass is 10.1. The molecule has 1 aromatic carbocycles. The topological polar surface area (TPSA) is 52.6 Å². The zero-order valence-corrected chi connectivity index (χ0v) is 10.1. The predicted molar refractivity (Wildman–Crippen MR) is 65.9 cm³/mol. The van der Waals surface area contributed by atoms with E-state index < -0.39 is 11.9 Å². The van der Waals surface area contributed by atoms with Gasteiger partial charge in [-0.3, -0.25) is 4.79 Å². The molecular weight excluding hydrogens is 232 g/mol. The predicted octanol–water partition coefficient (Wildman–Crippen LogP) is 2.33. The van der Waals surface area contributed by atoms with Crippen molar-refractivity contribution < 1.29 is 19.1 Å². The Bertz CT molecular complexity index is 485. The second-order valence-electron chi connectivity index (χ2n) is 4.03. The molecule has 1 aromatic rings. The molecule has 4 nitrogen and oxygen atoms in total. The second kappa shape index (κ2) is 5.49. The van der Waals surface area contributed by atoms with E-state index in [9.17, 15) is 9.59 Å². The molecule has 0 spiro atoms. The van der Waals surface area contributed by atoms with Gasteiger partial charge in [-0.1, -0.05) is 19.1 Å². The molecule has 0 N–H and O–H groups in total. The lowest BCUT2D eigenvalue weighted by Crippen LogP contribution is -1.97. The first-order chi connectivity index (χ1) is 8.69. The fraction of sp³-hybridized carbons (Fsp3) is 0.286. The molecule has 1 aliphatic heterocycles. The van der Waals surface area contributed by atoms with Gasteiger partial charge >= 0.3 is 11.9 Å². The number of ether oxygens (including phenoxy) is 2. The summed E-state index contributed by atoms with van der Waals surface area (Å²) in [6, 6.07) is 7.36. The molecule has 0 radical (unpaired) electrons. The maximum absolute atomic E-state index is 11.3. The van der Waals surface area contributed by atoms with Crippen molar-refractivity contribution in [2.24, 2.45) is 0 Å². The van der Waals surface area contributed by atoms with Gasteiger partial charge in [-0.05, 0) is 30.2 Å². The highest BCUT2D eigenvalue weighted by Gasteiger charge is 2.26. The first-order valence-electron chi connectivity index (χ1n) is 5.87. The molecule has 1 fully saturated rings. The van der Waals surface area contributed by atoms with Crippen molar-refractivity contribution in [1.82, 2.24) is 0 Å². The first-order valence-corrected chi connectivity index (χ1v) is 5.87. The molecule has 4 heteroatoms. The summed E-state index contributed by atoms with van der Waals surface area (Å²) in [6.45, 7) is 2.72. The molecule has 1 saturated heterocycles. The average molecular weight is 246 g/mol. The van der Waals surface area contributed by atoms with Gasteiger partial charge in [0, 0.05) is 5.57 Å². The molecule has 0 bridgehead atoms. The molecule has 0 amide bonds. The number of esters is 2. The number of hydrogen-bond acceptors (Lipinski definition) is 4. The van der Waals surface area contributed by atoms with Gasteiger partial charge < -0.3 is 9.47 Å². The first kappa shape index (κ1) is 12.4. The Morgan fingerprint density at radius 3 is 2.56 bits per heavy atom. The van der Waals surface area contributed by atoms with Gasteiger partial charge in [-0.2, -0.15) is 0 Å². The van der Waals surface area contributed by atoms with Crippen LogP contribution < -0.4 is 4.74 Å². The minimum absolute atomic E-state index is 0.0485. The zero-order chi connectivity index (χ0) is 13.0. The normalized spacial score (nSPS) is 17.1. The highest BCUT2D eigenvalue weighted by molar-refractivity contribution is 6.08. The Morgan fingerprint density at radius 2 is 2.00 bits per heavy atom. The summed E-state index contributed by atoms with van der Waals surface area (Å²) >= 11 is 0. The number of rotatable bonds is 4. The SMILES string of the molecule is CCCOc1ccc(/C=C2\CC(=O)OC2=O)cc1. The fourth-order valence-electron chi connectivity index (χ4n) is 1.62. The molecule has 0 unspecified atom stereocenters. The van der Waals surface area contributed by atoms with Gasteiger partial charge in [0.15, 0.2) is 0 Å². The van der Waals surface area contributed by atoms with Gasteiger partial charge in [0.05, 0.1) is 13.0 Å². The second-order valence-corrected chi connectivity index (χ2v) is 4.03. The number of hydrogen-bond donors (Lipinski definition) is 0. The highest BCUT2D eigenvalue weighted by atomic mass is 16.6. The van der Waals surface area contributed by atoms with Crippen molar-refractivity contribution in [1.29, 1.82) is 0 Å². The van der Waals surface area contributed by atoms with E-state index in [1.165, 1.54) is 0 Å². The van der Waals surface area contributed by atoms with E-state index in [0.717, 1.165) is 17.7 Å². The van der Waals surface area contributed by atoms with E-state index in [1.807, 2.05) is 31.2 Å². The van der Waals surface area contributed by atoms with E-state index in [1.54, 1.807) is 6.08 Å². The fourth-order valence-corrected chi connectivity index (χ4v) is 1.62. The van der Waals surface area contributed by atoms with Crippen LogP contribution in [-0.2, 0) is 14.3 Å².